The van der Waals surface area contributed by atoms with Crippen LogP contribution < -0.4 is 20.1 Å². The average Bonchev–Trinajstić information content (AvgIpc) is 2.54. The Kier molecular flexibility index (Phi) is 5.62. The van der Waals surface area contributed by atoms with Crippen LogP contribution in [-0.2, 0) is 0 Å². The first-order valence-corrected chi connectivity index (χ1v) is 7.67. The van der Waals surface area contributed by atoms with Crippen molar-refractivity contribution in [2.45, 2.75) is 33.2 Å². The number of benzene rings is 1. The molecule has 2 aromatic rings. The van der Waals surface area contributed by atoms with Gasteiger partial charge in [-0.25, -0.2) is 4.98 Å². The Morgan fingerprint density at radius 2 is 1.91 bits per heavy atom. The van der Waals surface area contributed by atoms with E-state index in [1.165, 1.54) is 0 Å². The molecule has 0 amide bonds. The molecule has 0 fully saturated rings. The van der Waals surface area contributed by atoms with Gasteiger partial charge < -0.3 is 20.1 Å². The van der Waals surface area contributed by atoms with Gasteiger partial charge in [0.2, 0.25) is 5.95 Å². The summed E-state index contributed by atoms with van der Waals surface area (Å²) in [6.45, 7) is 6.19. The molecular formula is C17H24N4O2. The molecule has 0 spiro atoms. The molecule has 0 aliphatic heterocycles. The van der Waals surface area contributed by atoms with Gasteiger partial charge in [-0.3, -0.25) is 0 Å². The number of methoxy groups -OCH3 is 2. The Balaban J connectivity index is 2.29. The SMILES string of the molecule is CCC(C)Nc1cc(C)nc(Nc2cc(OC)ccc2OC)n1. The summed E-state index contributed by atoms with van der Waals surface area (Å²) in [5.41, 5.74) is 1.64. The molecular weight excluding hydrogens is 292 g/mol. The maximum absolute atomic E-state index is 5.37. The van der Waals surface area contributed by atoms with Gasteiger partial charge in [-0.05, 0) is 32.4 Å². The number of hydrogen-bond donors (Lipinski definition) is 2. The van der Waals surface area contributed by atoms with Gasteiger partial charge in [-0.1, -0.05) is 6.92 Å². The fourth-order valence-electron chi connectivity index (χ4n) is 2.09. The largest absolute Gasteiger partial charge is 0.497 e. The molecule has 1 unspecified atom stereocenters. The summed E-state index contributed by atoms with van der Waals surface area (Å²) < 4.78 is 10.6. The van der Waals surface area contributed by atoms with Crippen LogP contribution in [0, 0.1) is 6.92 Å². The molecule has 1 aromatic heterocycles. The maximum atomic E-state index is 5.37. The third kappa shape index (κ3) is 4.48. The van der Waals surface area contributed by atoms with Crippen LogP contribution >= 0.6 is 0 Å². The van der Waals surface area contributed by atoms with Crippen molar-refractivity contribution in [1.82, 2.24) is 9.97 Å². The van der Waals surface area contributed by atoms with E-state index in [9.17, 15) is 0 Å². The zero-order valence-corrected chi connectivity index (χ0v) is 14.3. The quantitative estimate of drug-likeness (QED) is 0.810. The van der Waals surface area contributed by atoms with Gasteiger partial charge in [0.05, 0.1) is 19.9 Å². The summed E-state index contributed by atoms with van der Waals surface area (Å²) in [5, 5.41) is 6.57. The minimum absolute atomic E-state index is 0.350. The standard InChI is InChI=1S/C17H24N4O2/c1-6-11(2)18-16-9-12(3)19-17(21-16)20-14-10-13(22-4)7-8-15(14)23-5/h7-11H,6H2,1-5H3,(H2,18,19,20,21). The van der Waals surface area contributed by atoms with E-state index in [0.717, 1.165) is 29.4 Å². The molecule has 2 rings (SSSR count). The van der Waals surface area contributed by atoms with E-state index in [0.29, 0.717) is 17.7 Å². The fraction of sp³-hybridized carbons (Fsp3) is 0.412. The van der Waals surface area contributed by atoms with E-state index < -0.39 is 0 Å². The number of aromatic nitrogens is 2. The fourth-order valence-corrected chi connectivity index (χ4v) is 2.09. The van der Waals surface area contributed by atoms with Crippen LogP contribution in [0.4, 0.5) is 17.5 Å². The Labute approximate surface area is 137 Å². The number of nitrogens with zero attached hydrogens (tertiary/aromatic N) is 2. The van der Waals surface area contributed by atoms with Crippen LogP contribution in [0.25, 0.3) is 0 Å². The maximum Gasteiger partial charge on any atom is 0.229 e. The predicted molar refractivity (Wildman–Crippen MR) is 93.0 cm³/mol. The Morgan fingerprint density at radius 3 is 2.57 bits per heavy atom. The van der Waals surface area contributed by atoms with Crippen molar-refractivity contribution in [3.05, 3.63) is 30.0 Å². The average molecular weight is 316 g/mol. The molecule has 23 heavy (non-hydrogen) atoms. The summed E-state index contributed by atoms with van der Waals surface area (Å²) in [6.07, 6.45) is 1.02. The summed E-state index contributed by atoms with van der Waals surface area (Å²) in [4.78, 5) is 8.95. The first kappa shape index (κ1) is 16.9. The number of nitrogens with one attached hydrogen (secondary N) is 2. The van der Waals surface area contributed by atoms with Gasteiger partial charge in [0.25, 0.3) is 0 Å². The predicted octanol–water partition coefficient (Wildman–Crippen LogP) is 3.76. The summed E-state index contributed by atoms with van der Waals surface area (Å²) >= 11 is 0. The third-order valence-electron chi connectivity index (χ3n) is 3.51. The van der Waals surface area contributed by atoms with Crippen molar-refractivity contribution in [2.24, 2.45) is 0 Å². The Hall–Kier alpha value is -2.50. The number of hydrogen-bond acceptors (Lipinski definition) is 6. The molecule has 0 radical (unpaired) electrons. The lowest BCUT2D eigenvalue weighted by atomic mass is 10.2. The molecule has 6 nitrogen and oxygen atoms in total. The zero-order chi connectivity index (χ0) is 16.8. The second kappa shape index (κ2) is 7.67. The van der Waals surface area contributed by atoms with Crippen LogP contribution in [-0.4, -0.2) is 30.2 Å². The highest BCUT2D eigenvalue weighted by molar-refractivity contribution is 5.65. The van der Waals surface area contributed by atoms with Crippen molar-refractivity contribution in [3.63, 3.8) is 0 Å². The molecule has 124 valence electrons. The van der Waals surface area contributed by atoms with E-state index >= 15 is 0 Å². The van der Waals surface area contributed by atoms with Crippen molar-refractivity contribution in [2.75, 3.05) is 24.9 Å². The van der Waals surface area contributed by atoms with E-state index in [2.05, 4.69) is 34.4 Å². The molecule has 0 bridgehead atoms. The zero-order valence-electron chi connectivity index (χ0n) is 14.3. The molecule has 1 heterocycles. The monoisotopic (exact) mass is 316 g/mol. The molecule has 0 saturated heterocycles. The van der Waals surface area contributed by atoms with E-state index in [4.69, 9.17) is 9.47 Å². The lowest BCUT2D eigenvalue weighted by Gasteiger charge is -2.15. The summed E-state index contributed by atoms with van der Waals surface area (Å²) in [6, 6.07) is 7.82. The number of ether oxygens (including phenoxy) is 2. The van der Waals surface area contributed by atoms with Gasteiger partial charge in [-0.15, -0.1) is 0 Å². The van der Waals surface area contributed by atoms with Crippen LogP contribution in [0.1, 0.15) is 26.0 Å². The van der Waals surface area contributed by atoms with Crippen LogP contribution in [0.15, 0.2) is 24.3 Å². The van der Waals surface area contributed by atoms with Crippen LogP contribution in [0.2, 0.25) is 0 Å². The van der Waals surface area contributed by atoms with E-state index in [1.54, 1.807) is 14.2 Å². The summed E-state index contributed by atoms with van der Waals surface area (Å²) in [5.74, 6) is 2.75. The first-order valence-electron chi connectivity index (χ1n) is 7.67. The molecule has 0 aliphatic rings. The van der Waals surface area contributed by atoms with Crippen molar-refractivity contribution in [3.8, 4) is 11.5 Å². The number of aryl methyl sites for hydroxylation is 1. The normalized spacial score (nSPS) is 11.7. The Morgan fingerprint density at radius 1 is 1.13 bits per heavy atom. The lowest BCUT2D eigenvalue weighted by Crippen LogP contribution is -2.15. The highest BCUT2D eigenvalue weighted by Crippen LogP contribution is 2.30. The third-order valence-corrected chi connectivity index (χ3v) is 3.51. The smallest absolute Gasteiger partial charge is 0.229 e. The van der Waals surface area contributed by atoms with Crippen LogP contribution in [0.3, 0.4) is 0 Å². The molecule has 1 aromatic carbocycles. The lowest BCUT2D eigenvalue weighted by molar-refractivity contribution is 0.405. The van der Waals surface area contributed by atoms with Crippen molar-refractivity contribution < 1.29 is 9.47 Å². The van der Waals surface area contributed by atoms with Crippen molar-refractivity contribution in [1.29, 1.82) is 0 Å². The van der Waals surface area contributed by atoms with E-state index in [-0.39, 0.29) is 0 Å². The van der Waals surface area contributed by atoms with Crippen molar-refractivity contribution >= 4 is 17.5 Å². The first-order chi connectivity index (χ1) is 11.0. The second-order valence-electron chi connectivity index (χ2n) is 5.36. The number of rotatable bonds is 7. The number of anilines is 3. The molecule has 6 heteroatoms. The van der Waals surface area contributed by atoms with Gasteiger partial charge in [-0.2, -0.15) is 4.98 Å². The Bertz CT molecular complexity index is 661. The highest BCUT2D eigenvalue weighted by Gasteiger charge is 2.09. The molecule has 0 saturated carbocycles. The van der Waals surface area contributed by atoms with Gasteiger partial charge >= 0.3 is 0 Å². The van der Waals surface area contributed by atoms with E-state index in [1.807, 2.05) is 31.2 Å². The highest BCUT2D eigenvalue weighted by atomic mass is 16.5. The summed E-state index contributed by atoms with van der Waals surface area (Å²) in [7, 11) is 3.25. The molecule has 0 aliphatic carbocycles. The van der Waals surface area contributed by atoms with Crippen LogP contribution in [0.5, 0.6) is 11.5 Å². The molecule has 1 atom stereocenters. The minimum Gasteiger partial charge on any atom is -0.497 e. The molecule has 2 N–H and O–H groups in total. The minimum atomic E-state index is 0.350. The topological polar surface area (TPSA) is 68.3 Å². The second-order valence-corrected chi connectivity index (χ2v) is 5.36. The van der Waals surface area contributed by atoms with Gasteiger partial charge in [0.15, 0.2) is 0 Å². The van der Waals surface area contributed by atoms with Gasteiger partial charge in [0, 0.05) is 23.9 Å². The van der Waals surface area contributed by atoms with Gasteiger partial charge in [0.1, 0.15) is 17.3 Å².